The van der Waals surface area contributed by atoms with Crippen LogP contribution >= 0.6 is 0 Å². The molecule has 1 N–H and O–H groups in total. The number of fused-ring (bicyclic) bond motifs is 1. The van der Waals surface area contributed by atoms with Crippen molar-refractivity contribution in [1.29, 1.82) is 0 Å². The Hall–Kier alpha value is -2.72. The number of aromatic nitrogens is 1. The number of aryl methyl sites for hydroxylation is 1. The van der Waals surface area contributed by atoms with E-state index in [4.69, 9.17) is 4.74 Å². The number of nitrogens with zero attached hydrogens (tertiary/aromatic N) is 1. The lowest BCUT2D eigenvalue weighted by Crippen LogP contribution is -2.45. The summed E-state index contributed by atoms with van der Waals surface area (Å²) in [5.41, 5.74) is 4.30. The number of nitrogens with one attached hydrogen (secondary N) is 1. The van der Waals surface area contributed by atoms with Gasteiger partial charge in [-0.25, -0.2) is 0 Å². The molecule has 0 unspecified atom stereocenters. The van der Waals surface area contributed by atoms with Crippen LogP contribution in [0.2, 0.25) is 0 Å². The molecule has 0 radical (unpaired) electrons. The first-order valence-corrected chi connectivity index (χ1v) is 10.4. The lowest BCUT2D eigenvalue weighted by molar-refractivity contribution is -0.124. The summed E-state index contributed by atoms with van der Waals surface area (Å²) < 4.78 is 5.78. The summed E-state index contributed by atoms with van der Waals surface area (Å²) in [6.07, 6.45) is 4.60. The molecule has 1 aliphatic carbocycles. The second-order valence-corrected chi connectivity index (χ2v) is 8.52. The van der Waals surface area contributed by atoms with Gasteiger partial charge in [-0.1, -0.05) is 48.0 Å². The van der Waals surface area contributed by atoms with E-state index in [2.05, 4.69) is 59.7 Å². The molecule has 0 bridgehead atoms. The lowest BCUT2D eigenvalue weighted by Gasteiger charge is -2.23. The van der Waals surface area contributed by atoms with Crippen molar-refractivity contribution in [2.45, 2.75) is 37.6 Å². The maximum atomic E-state index is 13.2. The van der Waals surface area contributed by atoms with E-state index in [0.717, 1.165) is 30.3 Å². The fourth-order valence-electron chi connectivity index (χ4n) is 4.53. The first-order valence-electron chi connectivity index (χ1n) is 10.4. The van der Waals surface area contributed by atoms with E-state index in [-0.39, 0.29) is 23.3 Å². The van der Waals surface area contributed by atoms with Crippen LogP contribution in [0.25, 0.3) is 10.9 Å². The van der Waals surface area contributed by atoms with Crippen LogP contribution in [0.15, 0.2) is 60.8 Å². The summed E-state index contributed by atoms with van der Waals surface area (Å²) in [4.78, 5) is 17.7. The Kier molecular flexibility index (Phi) is 4.59. The van der Waals surface area contributed by atoms with Gasteiger partial charge in [0.2, 0.25) is 5.91 Å². The maximum absolute atomic E-state index is 13.2. The molecule has 0 spiro atoms. The average molecular weight is 386 g/mol. The molecular formula is C25H26N2O2. The third-order valence-corrected chi connectivity index (χ3v) is 6.53. The lowest BCUT2D eigenvalue weighted by atomic mass is 9.90. The molecule has 2 aromatic carbocycles. The van der Waals surface area contributed by atoms with Crippen LogP contribution in [-0.2, 0) is 21.4 Å². The molecule has 2 heterocycles. The predicted octanol–water partition coefficient (Wildman–Crippen LogP) is 3.95. The van der Waals surface area contributed by atoms with E-state index >= 15 is 0 Å². The molecule has 1 saturated carbocycles. The standard InChI is InChI=1S/C25H26N2O2/c1-17-6-8-20(9-7-17)25(11-12-25)24(28)27-23-16-29-15-19(23)14-18-10-13-26-22-5-3-2-4-21(18)22/h2-10,13,19,23H,11-12,14-16H2,1H3,(H,27,28)/t19-,23-/m1/s1. The Morgan fingerprint density at radius 2 is 1.90 bits per heavy atom. The van der Waals surface area contributed by atoms with E-state index in [1.54, 1.807) is 0 Å². The van der Waals surface area contributed by atoms with Gasteiger partial charge in [-0.05, 0) is 49.4 Å². The molecule has 1 aromatic heterocycles. The van der Waals surface area contributed by atoms with Crippen molar-refractivity contribution in [3.63, 3.8) is 0 Å². The fraction of sp³-hybridized carbons (Fsp3) is 0.360. The number of ether oxygens (including phenoxy) is 1. The molecule has 1 amide bonds. The molecule has 5 rings (SSSR count). The van der Waals surface area contributed by atoms with Crippen LogP contribution in [0.4, 0.5) is 0 Å². The number of amides is 1. The van der Waals surface area contributed by atoms with E-state index in [1.807, 2.05) is 18.3 Å². The summed E-state index contributed by atoms with van der Waals surface area (Å²) in [5.74, 6) is 0.431. The number of rotatable bonds is 5. The molecule has 148 valence electrons. The smallest absolute Gasteiger partial charge is 0.230 e. The van der Waals surface area contributed by atoms with E-state index in [9.17, 15) is 4.79 Å². The zero-order valence-corrected chi connectivity index (χ0v) is 16.7. The van der Waals surface area contributed by atoms with Crippen LogP contribution in [0, 0.1) is 12.8 Å². The van der Waals surface area contributed by atoms with Gasteiger partial charge in [-0.3, -0.25) is 9.78 Å². The average Bonchev–Trinajstić information content (AvgIpc) is 3.45. The monoisotopic (exact) mass is 386 g/mol. The van der Waals surface area contributed by atoms with Crippen LogP contribution in [0.1, 0.15) is 29.5 Å². The molecule has 1 saturated heterocycles. The molecule has 2 atom stereocenters. The van der Waals surface area contributed by atoms with Crippen LogP contribution in [0.3, 0.4) is 0 Å². The number of para-hydroxylation sites is 1. The largest absolute Gasteiger partial charge is 0.379 e. The van der Waals surface area contributed by atoms with Gasteiger partial charge < -0.3 is 10.1 Å². The quantitative estimate of drug-likeness (QED) is 0.722. The highest BCUT2D eigenvalue weighted by atomic mass is 16.5. The van der Waals surface area contributed by atoms with Gasteiger partial charge in [-0.2, -0.15) is 0 Å². The van der Waals surface area contributed by atoms with Gasteiger partial charge in [0.15, 0.2) is 0 Å². The van der Waals surface area contributed by atoms with Crippen molar-refractivity contribution in [3.8, 4) is 0 Å². The topological polar surface area (TPSA) is 51.2 Å². The zero-order chi connectivity index (χ0) is 19.8. The van der Waals surface area contributed by atoms with Crippen molar-refractivity contribution in [1.82, 2.24) is 10.3 Å². The Morgan fingerprint density at radius 3 is 2.69 bits per heavy atom. The van der Waals surface area contributed by atoms with Crippen molar-refractivity contribution in [2.75, 3.05) is 13.2 Å². The zero-order valence-electron chi connectivity index (χ0n) is 16.7. The van der Waals surface area contributed by atoms with Crippen molar-refractivity contribution >= 4 is 16.8 Å². The van der Waals surface area contributed by atoms with Crippen LogP contribution < -0.4 is 5.32 Å². The minimum absolute atomic E-state index is 0.0531. The number of carbonyl (C=O) groups excluding carboxylic acids is 1. The fourth-order valence-corrected chi connectivity index (χ4v) is 4.53. The normalized spacial score (nSPS) is 22.5. The summed E-state index contributed by atoms with van der Waals surface area (Å²) in [7, 11) is 0. The number of hydrogen-bond acceptors (Lipinski definition) is 3. The van der Waals surface area contributed by atoms with Crippen molar-refractivity contribution < 1.29 is 9.53 Å². The summed E-state index contributed by atoms with van der Waals surface area (Å²) >= 11 is 0. The molecule has 2 fully saturated rings. The minimum atomic E-state index is -0.343. The van der Waals surface area contributed by atoms with Gasteiger partial charge >= 0.3 is 0 Å². The predicted molar refractivity (Wildman–Crippen MR) is 114 cm³/mol. The highest BCUT2D eigenvalue weighted by Crippen LogP contribution is 2.48. The molecule has 1 aliphatic heterocycles. The van der Waals surface area contributed by atoms with Crippen molar-refractivity contribution in [2.24, 2.45) is 5.92 Å². The SMILES string of the molecule is Cc1ccc(C2(C(=O)N[C@@H]3COC[C@H]3Cc3ccnc4ccccc34)CC2)cc1. The highest BCUT2D eigenvalue weighted by molar-refractivity contribution is 5.91. The second kappa shape index (κ2) is 7.27. The second-order valence-electron chi connectivity index (χ2n) is 8.52. The minimum Gasteiger partial charge on any atom is -0.379 e. The molecule has 4 heteroatoms. The number of carbonyl (C=O) groups is 1. The third-order valence-electron chi connectivity index (χ3n) is 6.53. The van der Waals surface area contributed by atoms with Gasteiger partial charge in [0.1, 0.15) is 0 Å². The Balaban J connectivity index is 1.32. The number of hydrogen-bond donors (Lipinski definition) is 1. The molecule has 2 aliphatic rings. The third kappa shape index (κ3) is 3.42. The Morgan fingerprint density at radius 1 is 1.10 bits per heavy atom. The number of pyridine rings is 1. The van der Waals surface area contributed by atoms with Gasteiger partial charge in [0, 0.05) is 17.5 Å². The van der Waals surface area contributed by atoms with E-state index < -0.39 is 0 Å². The van der Waals surface area contributed by atoms with E-state index in [0.29, 0.717) is 13.2 Å². The summed E-state index contributed by atoms with van der Waals surface area (Å²) in [6, 6.07) is 18.8. The van der Waals surface area contributed by atoms with Gasteiger partial charge in [0.25, 0.3) is 0 Å². The number of benzene rings is 2. The molecular weight excluding hydrogens is 360 g/mol. The molecule has 29 heavy (non-hydrogen) atoms. The van der Waals surface area contributed by atoms with E-state index in [1.165, 1.54) is 16.5 Å². The Labute approximate surface area is 171 Å². The summed E-state index contributed by atoms with van der Waals surface area (Å²) in [6.45, 7) is 3.34. The Bertz CT molecular complexity index is 1030. The first kappa shape index (κ1) is 18.3. The van der Waals surface area contributed by atoms with Gasteiger partial charge in [-0.15, -0.1) is 0 Å². The van der Waals surface area contributed by atoms with Crippen LogP contribution in [-0.4, -0.2) is 30.1 Å². The first-order chi connectivity index (χ1) is 14.2. The molecule has 4 nitrogen and oxygen atoms in total. The summed E-state index contributed by atoms with van der Waals surface area (Å²) in [5, 5.41) is 4.52. The van der Waals surface area contributed by atoms with Crippen molar-refractivity contribution in [3.05, 3.63) is 77.5 Å². The van der Waals surface area contributed by atoms with Gasteiger partial charge in [0.05, 0.1) is 30.2 Å². The highest BCUT2D eigenvalue weighted by Gasteiger charge is 2.52. The molecule has 3 aromatic rings. The van der Waals surface area contributed by atoms with Crippen LogP contribution in [0.5, 0.6) is 0 Å². The maximum Gasteiger partial charge on any atom is 0.230 e.